The van der Waals surface area contributed by atoms with Gasteiger partial charge in [-0.1, -0.05) is 49.3 Å². The summed E-state index contributed by atoms with van der Waals surface area (Å²) in [5.41, 5.74) is 1.50. The molecule has 0 saturated heterocycles. The maximum Gasteiger partial charge on any atom is 0.237 e. The number of carbonyl (C=O) groups is 1. The van der Waals surface area contributed by atoms with Crippen LogP contribution in [0.4, 0.5) is 5.88 Å². The lowest BCUT2D eigenvalue weighted by Crippen LogP contribution is -2.15. The number of ether oxygens (including phenoxy) is 1. The van der Waals surface area contributed by atoms with Crippen molar-refractivity contribution in [3.05, 3.63) is 41.0 Å². The molecule has 30 heavy (non-hydrogen) atoms. The molecule has 1 aromatic carbocycles. The number of anilines is 1. The van der Waals surface area contributed by atoms with Gasteiger partial charge in [0.2, 0.25) is 11.8 Å². The molecule has 1 amide bonds. The molecule has 0 atom stereocenters. The highest BCUT2D eigenvalue weighted by Gasteiger charge is 2.20. The minimum absolute atomic E-state index is 0.150. The molecule has 1 N–H and O–H groups in total. The molecule has 0 bridgehead atoms. The molecule has 0 unspecified atom stereocenters. The van der Waals surface area contributed by atoms with Gasteiger partial charge in [0.25, 0.3) is 0 Å². The molecule has 0 aliphatic rings. The van der Waals surface area contributed by atoms with Crippen LogP contribution >= 0.6 is 23.4 Å². The van der Waals surface area contributed by atoms with E-state index in [0.29, 0.717) is 35.0 Å². The van der Waals surface area contributed by atoms with Crippen molar-refractivity contribution >= 4 is 35.2 Å². The van der Waals surface area contributed by atoms with Gasteiger partial charge >= 0.3 is 0 Å². The van der Waals surface area contributed by atoms with Crippen molar-refractivity contribution in [1.82, 2.24) is 19.9 Å². The third-order valence-corrected chi connectivity index (χ3v) is 5.43. The lowest BCUT2D eigenvalue weighted by atomic mass is 9.92. The molecular formula is C20H24ClN5O3S. The van der Waals surface area contributed by atoms with Crippen LogP contribution < -0.4 is 5.32 Å². The minimum atomic E-state index is -0.217. The van der Waals surface area contributed by atoms with Gasteiger partial charge in [-0.3, -0.25) is 14.7 Å². The summed E-state index contributed by atoms with van der Waals surface area (Å²) in [7, 11) is 1.63. The summed E-state index contributed by atoms with van der Waals surface area (Å²) in [6, 6.07) is 9.11. The number of nitrogens with one attached hydrogen (secondary N) is 1. The Kier molecular flexibility index (Phi) is 7.17. The Morgan fingerprint density at radius 3 is 2.63 bits per heavy atom. The molecule has 8 nitrogen and oxygen atoms in total. The number of benzene rings is 1. The Bertz CT molecular complexity index is 995. The van der Waals surface area contributed by atoms with Crippen LogP contribution in [0.3, 0.4) is 0 Å². The minimum Gasteiger partial charge on any atom is -0.383 e. The number of methoxy groups -OCH3 is 1. The summed E-state index contributed by atoms with van der Waals surface area (Å²) < 4.78 is 12.3. The van der Waals surface area contributed by atoms with Crippen molar-refractivity contribution < 1.29 is 14.1 Å². The summed E-state index contributed by atoms with van der Waals surface area (Å²) in [5.74, 6) is 0.952. The molecule has 2 aromatic heterocycles. The van der Waals surface area contributed by atoms with Crippen LogP contribution in [0, 0.1) is 0 Å². The molecule has 3 rings (SSSR count). The Morgan fingerprint density at radius 2 is 2.00 bits per heavy atom. The van der Waals surface area contributed by atoms with Crippen molar-refractivity contribution in [1.29, 1.82) is 0 Å². The van der Waals surface area contributed by atoms with Crippen LogP contribution in [-0.2, 0) is 21.5 Å². The van der Waals surface area contributed by atoms with Crippen LogP contribution in [0.1, 0.15) is 26.5 Å². The second kappa shape index (κ2) is 9.63. The van der Waals surface area contributed by atoms with Gasteiger partial charge in [0, 0.05) is 29.2 Å². The summed E-state index contributed by atoms with van der Waals surface area (Å²) in [5, 5.41) is 16.6. The van der Waals surface area contributed by atoms with E-state index in [1.54, 1.807) is 25.3 Å². The van der Waals surface area contributed by atoms with Crippen molar-refractivity contribution in [3.63, 3.8) is 0 Å². The largest absolute Gasteiger partial charge is 0.383 e. The van der Waals surface area contributed by atoms with E-state index in [0.717, 1.165) is 11.3 Å². The van der Waals surface area contributed by atoms with Gasteiger partial charge in [-0.15, -0.1) is 10.2 Å². The highest BCUT2D eigenvalue weighted by atomic mass is 35.5. The summed E-state index contributed by atoms with van der Waals surface area (Å²) in [4.78, 5) is 12.4. The second-order valence-electron chi connectivity index (χ2n) is 7.62. The number of aromatic nitrogens is 4. The Labute approximate surface area is 184 Å². The predicted molar refractivity (Wildman–Crippen MR) is 117 cm³/mol. The SMILES string of the molecule is COCCn1c(SCC(=O)Nc2cc(C(C)(C)C)no2)nnc1-c1ccc(Cl)cc1. The fourth-order valence-electron chi connectivity index (χ4n) is 2.58. The van der Waals surface area contributed by atoms with Crippen LogP contribution in [0.15, 0.2) is 40.0 Å². The molecule has 2 heterocycles. The number of halogens is 1. The van der Waals surface area contributed by atoms with Crippen LogP contribution in [0.2, 0.25) is 5.02 Å². The first-order valence-corrected chi connectivity index (χ1v) is 10.7. The first-order chi connectivity index (χ1) is 14.3. The molecule has 0 radical (unpaired) electrons. The zero-order chi connectivity index (χ0) is 21.7. The maximum absolute atomic E-state index is 12.4. The normalized spacial score (nSPS) is 11.6. The quantitative estimate of drug-likeness (QED) is 0.513. The summed E-state index contributed by atoms with van der Waals surface area (Å²) >= 11 is 7.27. The van der Waals surface area contributed by atoms with E-state index in [2.05, 4.69) is 20.7 Å². The van der Waals surface area contributed by atoms with Crippen LogP contribution in [0.25, 0.3) is 11.4 Å². The molecule has 0 saturated carbocycles. The maximum atomic E-state index is 12.4. The molecule has 160 valence electrons. The fraction of sp³-hybridized carbons (Fsp3) is 0.400. The van der Waals surface area contributed by atoms with Gasteiger partial charge in [0.15, 0.2) is 11.0 Å². The Balaban J connectivity index is 1.69. The van der Waals surface area contributed by atoms with E-state index < -0.39 is 0 Å². The van der Waals surface area contributed by atoms with Crippen molar-refractivity contribution in [2.45, 2.75) is 37.9 Å². The van der Waals surface area contributed by atoms with E-state index in [1.165, 1.54) is 11.8 Å². The third-order valence-electron chi connectivity index (χ3n) is 4.21. The number of hydrogen-bond donors (Lipinski definition) is 1. The van der Waals surface area contributed by atoms with Crippen LogP contribution in [0.5, 0.6) is 0 Å². The molecule has 10 heteroatoms. The van der Waals surface area contributed by atoms with E-state index in [9.17, 15) is 4.79 Å². The zero-order valence-corrected chi connectivity index (χ0v) is 18.9. The fourth-order valence-corrected chi connectivity index (χ4v) is 3.47. The van der Waals surface area contributed by atoms with Gasteiger partial charge in [-0.25, -0.2) is 0 Å². The Hall–Kier alpha value is -2.36. The first kappa shape index (κ1) is 22.3. The standard InChI is InChI=1S/C20H24ClN5O3S/c1-20(2,3)15-11-17(29-25-15)22-16(27)12-30-19-24-23-18(26(19)9-10-28-4)13-5-7-14(21)8-6-13/h5-8,11H,9-10,12H2,1-4H3,(H,22,27). The molecule has 3 aromatic rings. The molecular weight excluding hydrogens is 426 g/mol. The number of hydrogen-bond acceptors (Lipinski definition) is 7. The summed E-state index contributed by atoms with van der Waals surface area (Å²) in [6.07, 6.45) is 0. The van der Waals surface area contributed by atoms with Crippen molar-refractivity contribution in [3.8, 4) is 11.4 Å². The third kappa shape index (κ3) is 5.62. The van der Waals surface area contributed by atoms with E-state index in [4.69, 9.17) is 20.9 Å². The van der Waals surface area contributed by atoms with Gasteiger partial charge in [-0.2, -0.15) is 0 Å². The number of thioether (sulfide) groups is 1. The van der Waals surface area contributed by atoms with Crippen molar-refractivity contribution in [2.75, 3.05) is 24.8 Å². The number of rotatable bonds is 8. The molecule has 0 spiro atoms. The Morgan fingerprint density at radius 1 is 1.27 bits per heavy atom. The molecule has 0 fully saturated rings. The highest BCUT2D eigenvalue weighted by Crippen LogP contribution is 2.26. The van der Waals surface area contributed by atoms with Gasteiger partial charge < -0.3 is 9.26 Å². The monoisotopic (exact) mass is 449 g/mol. The average molecular weight is 450 g/mol. The average Bonchev–Trinajstić information content (AvgIpc) is 3.32. The van der Waals surface area contributed by atoms with Crippen LogP contribution in [-0.4, -0.2) is 45.3 Å². The summed E-state index contributed by atoms with van der Waals surface area (Å²) in [6.45, 7) is 7.13. The van der Waals surface area contributed by atoms with Crippen molar-refractivity contribution in [2.24, 2.45) is 0 Å². The number of amides is 1. The zero-order valence-electron chi connectivity index (χ0n) is 17.3. The predicted octanol–water partition coefficient (Wildman–Crippen LogP) is 4.26. The van der Waals surface area contributed by atoms with Gasteiger partial charge in [0.1, 0.15) is 0 Å². The number of carbonyl (C=O) groups excluding carboxylic acids is 1. The number of nitrogens with zero attached hydrogens (tertiary/aromatic N) is 4. The smallest absolute Gasteiger partial charge is 0.237 e. The lowest BCUT2D eigenvalue weighted by molar-refractivity contribution is -0.113. The van der Waals surface area contributed by atoms with E-state index >= 15 is 0 Å². The van der Waals surface area contributed by atoms with Gasteiger partial charge in [-0.05, 0) is 24.3 Å². The highest BCUT2D eigenvalue weighted by molar-refractivity contribution is 7.99. The molecule has 0 aliphatic heterocycles. The van der Waals surface area contributed by atoms with Gasteiger partial charge in [0.05, 0.1) is 24.6 Å². The molecule has 0 aliphatic carbocycles. The second-order valence-corrected chi connectivity index (χ2v) is 9.00. The van der Waals surface area contributed by atoms with E-state index in [1.807, 2.05) is 37.5 Å². The van der Waals surface area contributed by atoms with E-state index in [-0.39, 0.29) is 17.1 Å². The lowest BCUT2D eigenvalue weighted by Gasteiger charge is -2.12. The topological polar surface area (TPSA) is 95.1 Å². The first-order valence-electron chi connectivity index (χ1n) is 9.36.